The van der Waals surface area contributed by atoms with Gasteiger partial charge >= 0.3 is 0 Å². The monoisotopic (exact) mass is 277 g/mol. The highest BCUT2D eigenvalue weighted by Crippen LogP contribution is 2.42. The van der Waals surface area contributed by atoms with Crippen LogP contribution in [0.2, 0.25) is 0 Å². The van der Waals surface area contributed by atoms with Crippen molar-refractivity contribution < 1.29 is 9.47 Å². The molecule has 3 heteroatoms. The SMILES string of the molecule is COc1ccc2ncc3c(c2c1)Oc1c(C)cccc1C3. The second-order valence-corrected chi connectivity index (χ2v) is 5.34. The van der Waals surface area contributed by atoms with Crippen molar-refractivity contribution in [3.8, 4) is 17.2 Å². The Kier molecular flexibility index (Phi) is 2.61. The molecule has 104 valence electrons. The van der Waals surface area contributed by atoms with Gasteiger partial charge in [-0.2, -0.15) is 0 Å². The molecular formula is C18H15NO2. The van der Waals surface area contributed by atoms with Crippen LogP contribution < -0.4 is 9.47 Å². The van der Waals surface area contributed by atoms with Gasteiger partial charge in [0.2, 0.25) is 0 Å². The van der Waals surface area contributed by atoms with Crippen molar-refractivity contribution in [1.82, 2.24) is 4.98 Å². The van der Waals surface area contributed by atoms with Crippen molar-refractivity contribution >= 4 is 10.9 Å². The smallest absolute Gasteiger partial charge is 0.142 e. The Morgan fingerprint density at radius 1 is 1.10 bits per heavy atom. The van der Waals surface area contributed by atoms with Crippen molar-refractivity contribution in [2.75, 3.05) is 7.11 Å². The Hall–Kier alpha value is -2.55. The van der Waals surface area contributed by atoms with Crippen LogP contribution in [-0.2, 0) is 6.42 Å². The zero-order valence-corrected chi connectivity index (χ0v) is 12.0. The molecule has 0 radical (unpaired) electrons. The molecular weight excluding hydrogens is 262 g/mol. The van der Waals surface area contributed by atoms with Crippen LogP contribution in [0.25, 0.3) is 10.9 Å². The summed E-state index contributed by atoms with van der Waals surface area (Å²) in [6, 6.07) is 12.1. The number of aromatic nitrogens is 1. The molecule has 0 atom stereocenters. The predicted octanol–water partition coefficient (Wildman–Crippen LogP) is 4.25. The molecule has 4 rings (SSSR count). The van der Waals surface area contributed by atoms with E-state index < -0.39 is 0 Å². The topological polar surface area (TPSA) is 31.4 Å². The van der Waals surface area contributed by atoms with Crippen molar-refractivity contribution in [3.05, 3.63) is 59.3 Å². The van der Waals surface area contributed by atoms with Crippen LogP contribution in [0.4, 0.5) is 0 Å². The average Bonchev–Trinajstić information content (AvgIpc) is 2.53. The molecule has 0 unspecified atom stereocenters. The number of methoxy groups -OCH3 is 1. The van der Waals surface area contributed by atoms with E-state index in [0.29, 0.717) is 0 Å². The zero-order valence-electron chi connectivity index (χ0n) is 12.0. The summed E-state index contributed by atoms with van der Waals surface area (Å²) in [5.74, 6) is 2.69. The van der Waals surface area contributed by atoms with Crippen LogP contribution in [0.5, 0.6) is 17.2 Å². The van der Waals surface area contributed by atoms with Crippen molar-refractivity contribution in [2.45, 2.75) is 13.3 Å². The van der Waals surface area contributed by atoms with E-state index in [1.54, 1.807) is 7.11 Å². The zero-order chi connectivity index (χ0) is 14.4. The standard InChI is InChI=1S/C18H15NO2/c1-11-4-3-5-12-8-13-10-19-16-7-6-14(20-2)9-15(16)18(13)21-17(11)12/h3-7,9-10H,8H2,1-2H3. The molecule has 1 aliphatic rings. The van der Waals surface area contributed by atoms with E-state index in [1.165, 1.54) is 5.56 Å². The van der Waals surface area contributed by atoms with Gasteiger partial charge in [0.1, 0.15) is 17.2 Å². The second kappa shape index (κ2) is 4.48. The number of benzene rings is 2. The number of para-hydroxylation sites is 1. The maximum absolute atomic E-state index is 6.23. The lowest BCUT2D eigenvalue weighted by atomic mass is 9.98. The molecule has 21 heavy (non-hydrogen) atoms. The highest BCUT2D eigenvalue weighted by atomic mass is 16.5. The summed E-state index contributed by atoms with van der Waals surface area (Å²) in [6.45, 7) is 2.08. The first-order valence-electron chi connectivity index (χ1n) is 6.98. The van der Waals surface area contributed by atoms with E-state index in [4.69, 9.17) is 9.47 Å². The van der Waals surface area contributed by atoms with Gasteiger partial charge < -0.3 is 9.47 Å². The van der Waals surface area contributed by atoms with Crippen LogP contribution >= 0.6 is 0 Å². The summed E-state index contributed by atoms with van der Waals surface area (Å²) >= 11 is 0. The molecule has 1 aliphatic heterocycles. The molecule has 0 bridgehead atoms. The van der Waals surface area contributed by atoms with Gasteiger partial charge in [0.15, 0.2) is 0 Å². The van der Waals surface area contributed by atoms with Gasteiger partial charge in [-0.3, -0.25) is 4.98 Å². The molecule has 3 aromatic rings. The summed E-state index contributed by atoms with van der Waals surface area (Å²) in [6.07, 6.45) is 2.77. The molecule has 2 heterocycles. The molecule has 0 saturated heterocycles. The van der Waals surface area contributed by atoms with Gasteiger partial charge in [-0.25, -0.2) is 0 Å². The lowest BCUT2D eigenvalue weighted by molar-refractivity contribution is 0.415. The number of nitrogens with zero attached hydrogens (tertiary/aromatic N) is 1. The molecule has 1 aromatic heterocycles. The maximum Gasteiger partial charge on any atom is 0.142 e. The molecule has 2 aromatic carbocycles. The molecule has 0 fully saturated rings. The van der Waals surface area contributed by atoms with Crippen molar-refractivity contribution in [3.63, 3.8) is 0 Å². The maximum atomic E-state index is 6.23. The third-order valence-electron chi connectivity index (χ3n) is 3.98. The van der Waals surface area contributed by atoms with E-state index in [1.807, 2.05) is 24.4 Å². The molecule has 3 nitrogen and oxygen atoms in total. The summed E-state index contributed by atoms with van der Waals surface area (Å²) < 4.78 is 11.5. The van der Waals surface area contributed by atoms with Gasteiger partial charge in [0.05, 0.1) is 12.6 Å². The number of hydrogen-bond donors (Lipinski definition) is 0. The fraction of sp³-hybridized carbons (Fsp3) is 0.167. The van der Waals surface area contributed by atoms with E-state index in [-0.39, 0.29) is 0 Å². The van der Waals surface area contributed by atoms with Gasteiger partial charge in [0.25, 0.3) is 0 Å². The highest BCUT2D eigenvalue weighted by molar-refractivity contribution is 5.88. The minimum Gasteiger partial charge on any atom is -0.497 e. The number of ether oxygens (including phenoxy) is 2. The lowest BCUT2D eigenvalue weighted by Crippen LogP contribution is -2.05. The molecule has 0 amide bonds. The fourth-order valence-electron chi connectivity index (χ4n) is 2.87. The average molecular weight is 277 g/mol. The van der Waals surface area contributed by atoms with Crippen molar-refractivity contribution in [2.24, 2.45) is 0 Å². The normalized spacial score (nSPS) is 12.5. The Labute approximate surface area is 123 Å². The van der Waals surface area contributed by atoms with Gasteiger partial charge in [-0.15, -0.1) is 0 Å². The molecule has 0 N–H and O–H groups in total. The summed E-state index contributed by atoms with van der Waals surface area (Å²) in [4.78, 5) is 4.53. The third kappa shape index (κ3) is 1.85. The minimum atomic E-state index is 0.817. The minimum absolute atomic E-state index is 0.817. The Balaban J connectivity index is 1.95. The Morgan fingerprint density at radius 3 is 2.86 bits per heavy atom. The van der Waals surface area contributed by atoms with E-state index in [9.17, 15) is 0 Å². The van der Waals surface area contributed by atoms with Crippen LogP contribution in [0, 0.1) is 6.92 Å². The van der Waals surface area contributed by atoms with Crippen LogP contribution in [0.3, 0.4) is 0 Å². The second-order valence-electron chi connectivity index (χ2n) is 5.34. The van der Waals surface area contributed by atoms with Crippen LogP contribution in [0.15, 0.2) is 42.6 Å². The first-order valence-corrected chi connectivity index (χ1v) is 6.98. The Bertz CT molecular complexity index is 855. The van der Waals surface area contributed by atoms with Crippen LogP contribution in [0.1, 0.15) is 16.7 Å². The third-order valence-corrected chi connectivity index (χ3v) is 3.98. The lowest BCUT2D eigenvalue weighted by Gasteiger charge is -2.23. The van der Waals surface area contributed by atoms with Gasteiger partial charge in [-0.1, -0.05) is 18.2 Å². The predicted molar refractivity (Wildman–Crippen MR) is 82.4 cm³/mol. The number of rotatable bonds is 1. The highest BCUT2D eigenvalue weighted by Gasteiger charge is 2.21. The quantitative estimate of drug-likeness (QED) is 0.521. The largest absolute Gasteiger partial charge is 0.497 e. The Morgan fingerprint density at radius 2 is 2.00 bits per heavy atom. The number of fused-ring (bicyclic) bond motifs is 4. The van der Waals surface area contributed by atoms with E-state index in [2.05, 4.69) is 30.1 Å². The summed E-state index contributed by atoms with van der Waals surface area (Å²) in [5.41, 5.74) is 4.41. The first-order chi connectivity index (χ1) is 10.3. The summed E-state index contributed by atoms with van der Waals surface area (Å²) in [5, 5.41) is 1.00. The first kappa shape index (κ1) is 12.2. The molecule has 0 saturated carbocycles. The number of aryl methyl sites for hydroxylation is 1. The van der Waals surface area contributed by atoms with E-state index >= 15 is 0 Å². The number of pyridine rings is 1. The fourth-order valence-corrected chi connectivity index (χ4v) is 2.87. The van der Waals surface area contributed by atoms with Crippen LogP contribution in [-0.4, -0.2) is 12.1 Å². The molecule has 0 aliphatic carbocycles. The van der Waals surface area contributed by atoms with Gasteiger partial charge in [0, 0.05) is 23.6 Å². The number of hydrogen-bond acceptors (Lipinski definition) is 3. The van der Waals surface area contributed by atoms with Crippen molar-refractivity contribution in [1.29, 1.82) is 0 Å². The van der Waals surface area contributed by atoms with E-state index in [0.717, 1.165) is 45.7 Å². The van der Waals surface area contributed by atoms with Gasteiger partial charge in [-0.05, 0) is 36.2 Å². The summed E-state index contributed by atoms with van der Waals surface area (Å²) in [7, 11) is 1.67. The molecule has 0 spiro atoms.